The molecule has 0 N–H and O–H groups in total. The Bertz CT molecular complexity index is 955. The second kappa shape index (κ2) is 8.01. The molecular formula is C23H23FN2OS2. The molecule has 2 fully saturated rings. The smallest absolute Gasteiger partial charge is 0.254 e. The number of halogens is 1. The first kappa shape index (κ1) is 19.0. The van der Waals surface area contributed by atoms with Gasteiger partial charge in [0.1, 0.15) is 5.82 Å². The number of rotatable bonds is 4. The van der Waals surface area contributed by atoms with Crippen molar-refractivity contribution < 1.29 is 9.18 Å². The Labute approximate surface area is 178 Å². The normalized spacial score (nSPS) is 24.6. The molecule has 3 aromatic rings. The number of carbonyl (C=O) groups is 1. The largest absolute Gasteiger partial charge is 0.335 e. The average Bonchev–Trinajstić information content (AvgIpc) is 3.49. The molecule has 29 heavy (non-hydrogen) atoms. The molecule has 4 heterocycles. The maximum atomic E-state index is 13.3. The van der Waals surface area contributed by atoms with Gasteiger partial charge in [-0.1, -0.05) is 6.07 Å². The lowest BCUT2D eigenvalue weighted by Crippen LogP contribution is -2.47. The number of fused-ring (bicyclic) bond motifs is 1. The highest BCUT2D eigenvalue weighted by Crippen LogP contribution is 2.43. The Morgan fingerprint density at radius 2 is 1.97 bits per heavy atom. The van der Waals surface area contributed by atoms with E-state index in [-0.39, 0.29) is 17.8 Å². The summed E-state index contributed by atoms with van der Waals surface area (Å²) in [6, 6.07) is 12.7. The molecule has 0 radical (unpaired) electrons. The first-order valence-electron chi connectivity index (χ1n) is 10.0. The van der Waals surface area contributed by atoms with Crippen LogP contribution in [0.1, 0.15) is 33.1 Å². The minimum atomic E-state index is -0.307. The van der Waals surface area contributed by atoms with Crippen LogP contribution >= 0.6 is 22.7 Å². The molecule has 3 nitrogen and oxygen atoms in total. The van der Waals surface area contributed by atoms with E-state index in [2.05, 4.69) is 44.1 Å². The van der Waals surface area contributed by atoms with Crippen LogP contribution in [0.4, 0.5) is 4.39 Å². The van der Waals surface area contributed by atoms with Crippen molar-refractivity contribution in [2.45, 2.75) is 24.9 Å². The minimum Gasteiger partial charge on any atom is -0.335 e. The maximum Gasteiger partial charge on any atom is 0.254 e. The van der Waals surface area contributed by atoms with Gasteiger partial charge in [-0.3, -0.25) is 9.69 Å². The van der Waals surface area contributed by atoms with E-state index in [1.165, 1.54) is 22.6 Å². The van der Waals surface area contributed by atoms with Gasteiger partial charge in [0.15, 0.2) is 0 Å². The van der Waals surface area contributed by atoms with E-state index in [0.717, 1.165) is 32.6 Å². The molecular weight excluding hydrogens is 403 g/mol. The third kappa shape index (κ3) is 3.77. The molecule has 2 aliphatic rings. The van der Waals surface area contributed by atoms with Crippen molar-refractivity contribution in [3.05, 3.63) is 80.4 Å². The van der Waals surface area contributed by atoms with Gasteiger partial charge < -0.3 is 4.90 Å². The standard InChI is InChI=1S/C23H23FN2OS2/c24-18-5-3-16(4-6-18)23(27)26-14-20(17-8-11-28-15-17)21-13-25(9-7-22(21)26)12-19-2-1-10-29-19/h1-6,8,10-11,15,20-22H,7,9,12-14H2/t20-,21-,22-/m1/s1. The molecule has 2 saturated heterocycles. The van der Waals surface area contributed by atoms with Crippen LogP contribution < -0.4 is 0 Å². The lowest BCUT2D eigenvalue weighted by atomic mass is 9.82. The van der Waals surface area contributed by atoms with Crippen molar-refractivity contribution in [1.29, 1.82) is 0 Å². The molecule has 150 valence electrons. The number of hydrogen-bond donors (Lipinski definition) is 0. The molecule has 0 aliphatic carbocycles. The van der Waals surface area contributed by atoms with E-state index in [1.807, 2.05) is 11.3 Å². The Morgan fingerprint density at radius 1 is 1.10 bits per heavy atom. The summed E-state index contributed by atoms with van der Waals surface area (Å²) in [6.07, 6.45) is 0.990. The van der Waals surface area contributed by atoms with Gasteiger partial charge in [-0.05, 0) is 64.5 Å². The van der Waals surface area contributed by atoms with Gasteiger partial charge >= 0.3 is 0 Å². The fourth-order valence-corrected chi connectivity index (χ4v) is 6.37. The van der Waals surface area contributed by atoms with Crippen LogP contribution in [-0.2, 0) is 6.54 Å². The summed E-state index contributed by atoms with van der Waals surface area (Å²) in [6.45, 7) is 3.75. The molecule has 0 saturated carbocycles. The fourth-order valence-electron chi connectivity index (χ4n) is 4.90. The zero-order chi connectivity index (χ0) is 19.8. The highest BCUT2D eigenvalue weighted by molar-refractivity contribution is 7.09. The quantitative estimate of drug-likeness (QED) is 0.581. The predicted molar refractivity (Wildman–Crippen MR) is 116 cm³/mol. The SMILES string of the molecule is O=C(c1ccc(F)cc1)N1C[C@H](c2ccsc2)[C@H]2CN(Cc3cccs3)CC[C@H]21. The number of likely N-dealkylation sites (tertiary alicyclic amines) is 2. The Hall–Kier alpha value is -2.02. The van der Waals surface area contributed by atoms with Gasteiger partial charge in [0.05, 0.1) is 0 Å². The second-order valence-corrected chi connectivity index (χ2v) is 9.77. The summed E-state index contributed by atoms with van der Waals surface area (Å²) in [5, 5.41) is 6.49. The Balaban J connectivity index is 1.39. The molecule has 2 aromatic heterocycles. The van der Waals surface area contributed by atoms with Crippen LogP contribution in [0, 0.1) is 11.7 Å². The number of nitrogens with zero attached hydrogens (tertiary/aromatic N) is 2. The van der Waals surface area contributed by atoms with E-state index >= 15 is 0 Å². The van der Waals surface area contributed by atoms with Crippen LogP contribution in [0.3, 0.4) is 0 Å². The maximum absolute atomic E-state index is 13.3. The molecule has 0 unspecified atom stereocenters. The van der Waals surface area contributed by atoms with Gasteiger partial charge in [-0.2, -0.15) is 11.3 Å². The molecule has 1 amide bonds. The van der Waals surface area contributed by atoms with E-state index in [1.54, 1.807) is 23.5 Å². The molecule has 1 aromatic carbocycles. The molecule has 0 bridgehead atoms. The number of amides is 1. The van der Waals surface area contributed by atoms with E-state index < -0.39 is 0 Å². The topological polar surface area (TPSA) is 23.6 Å². The summed E-state index contributed by atoms with van der Waals surface area (Å²) < 4.78 is 13.3. The van der Waals surface area contributed by atoms with Crippen molar-refractivity contribution in [3.63, 3.8) is 0 Å². The summed E-state index contributed by atoms with van der Waals surface area (Å²) in [7, 11) is 0. The summed E-state index contributed by atoms with van der Waals surface area (Å²) >= 11 is 3.53. The molecule has 3 atom stereocenters. The molecule has 0 spiro atoms. The summed E-state index contributed by atoms with van der Waals surface area (Å²) in [5.41, 5.74) is 1.93. The van der Waals surface area contributed by atoms with Gasteiger partial charge in [0.25, 0.3) is 5.91 Å². The minimum absolute atomic E-state index is 0.0319. The van der Waals surface area contributed by atoms with Gasteiger partial charge in [0.2, 0.25) is 0 Å². The Kier molecular flexibility index (Phi) is 5.24. The third-order valence-electron chi connectivity index (χ3n) is 6.30. The summed E-state index contributed by atoms with van der Waals surface area (Å²) in [4.78, 5) is 19.3. The fraction of sp³-hybridized carbons (Fsp3) is 0.348. The Morgan fingerprint density at radius 3 is 2.69 bits per heavy atom. The number of hydrogen-bond acceptors (Lipinski definition) is 4. The van der Waals surface area contributed by atoms with Crippen LogP contribution in [0.25, 0.3) is 0 Å². The monoisotopic (exact) mass is 426 g/mol. The van der Waals surface area contributed by atoms with E-state index in [9.17, 15) is 9.18 Å². The molecule has 5 rings (SSSR count). The van der Waals surface area contributed by atoms with Crippen LogP contribution in [-0.4, -0.2) is 41.4 Å². The summed E-state index contributed by atoms with van der Waals surface area (Å²) in [5.74, 6) is 0.521. The lowest BCUT2D eigenvalue weighted by molar-refractivity contribution is 0.0615. The van der Waals surface area contributed by atoms with Crippen molar-refractivity contribution >= 4 is 28.6 Å². The zero-order valence-electron chi connectivity index (χ0n) is 16.0. The number of piperidine rings is 1. The molecule has 2 aliphatic heterocycles. The van der Waals surface area contributed by atoms with Crippen molar-refractivity contribution in [2.24, 2.45) is 5.92 Å². The number of carbonyl (C=O) groups excluding carboxylic acids is 1. The van der Waals surface area contributed by atoms with Crippen molar-refractivity contribution in [1.82, 2.24) is 9.80 Å². The second-order valence-electron chi connectivity index (χ2n) is 7.96. The first-order chi connectivity index (χ1) is 14.2. The first-order valence-corrected chi connectivity index (χ1v) is 11.8. The van der Waals surface area contributed by atoms with Gasteiger partial charge in [-0.25, -0.2) is 4.39 Å². The number of benzene rings is 1. The van der Waals surface area contributed by atoms with Crippen LogP contribution in [0.15, 0.2) is 58.6 Å². The highest BCUT2D eigenvalue weighted by atomic mass is 32.1. The zero-order valence-corrected chi connectivity index (χ0v) is 17.7. The predicted octanol–water partition coefficient (Wildman–Crippen LogP) is 5.08. The van der Waals surface area contributed by atoms with Gasteiger partial charge in [-0.15, -0.1) is 11.3 Å². The molecule has 6 heteroatoms. The highest BCUT2D eigenvalue weighted by Gasteiger charge is 2.47. The van der Waals surface area contributed by atoms with Gasteiger partial charge in [0, 0.05) is 54.5 Å². The van der Waals surface area contributed by atoms with Crippen molar-refractivity contribution in [2.75, 3.05) is 19.6 Å². The average molecular weight is 427 g/mol. The van der Waals surface area contributed by atoms with E-state index in [0.29, 0.717) is 17.4 Å². The third-order valence-corrected chi connectivity index (χ3v) is 7.86. The van der Waals surface area contributed by atoms with Crippen LogP contribution in [0.2, 0.25) is 0 Å². The van der Waals surface area contributed by atoms with Crippen molar-refractivity contribution in [3.8, 4) is 0 Å². The lowest BCUT2D eigenvalue weighted by Gasteiger charge is -2.38. The van der Waals surface area contributed by atoms with Crippen LogP contribution in [0.5, 0.6) is 0 Å². The van der Waals surface area contributed by atoms with E-state index in [4.69, 9.17) is 0 Å². The number of thiophene rings is 2.